The molecule has 6 nitrogen and oxygen atoms in total. The average Bonchev–Trinajstić information content (AvgIpc) is 3.11. The topological polar surface area (TPSA) is 82.1 Å². The maximum atomic E-state index is 13.5. The lowest BCUT2D eigenvalue weighted by atomic mass is 9.62. The van der Waals surface area contributed by atoms with Crippen LogP contribution in [0.3, 0.4) is 0 Å². The standard InChI is InChI=1S/C19H24N4O2/c1-14-6-2-3-7-15(14)18(8-4-9-18)17(24)23-11-5-10-19(25,13-23)16-12-20-22-21-16/h2-3,6-7,12,25H,4-5,8-11,13H2,1H3,(H,20,21,22)/t19-/m1/s1. The summed E-state index contributed by atoms with van der Waals surface area (Å²) in [4.78, 5) is 15.3. The normalized spacial score (nSPS) is 25.4. The maximum Gasteiger partial charge on any atom is 0.233 e. The summed E-state index contributed by atoms with van der Waals surface area (Å²) < 4.78 is 0. The number of aromatic amines is 1. The summed E-state index contributed by atoms with van der Waals surface area (Å²) >= 11 is 0. The molecule has 2 fully saturated rings. The first-order valence-corrected chi connectivity index (χ1v) is 8.99. The minimum Gasteiger partial charge on any atom is -0.382 e. The summed E-state index contributed by atoms with van der Waals surface area (Å²) in [5, 5.41) is 21.4. The van der Waals surface area contributed by atoms with Crippen molar-refractivity contribution in [3.05, 3.63) is 47.3 Å². The third kappa shape index (κ3) is 2.56. The predicted molar refractivity (Wildman–Crippen MR) is 92.8 cm³/mol. The van der Waals surface area contributed by atoms with Gasteiger partial charge in [-0.15, -0.1) is 0 Å². The van der Waals surface area contributed by atoms with Gasteiger partial charge in [-0.2, -0.15) is 15.4 Å². The lowest BCUT2D eigenvalue weighted by molar-refractivity contribution is -0.148. The predicted octanol–water partition coefficient (Wildman–Crippen LogP) is 2.05. The second-order valence-electron chi connectivity index (χ2n) is 7.47. The third-order valence-corrected chi connectivity index (χ3v) is 5.93. The number of benzene rings is 1. The number of amides is 1. The molecule has 2 heterocycles. The van der Waals surface area contributed by atoms with Crippen LogP contribution in [0.5, 0.6) is 0 Å². The van der Waals surface area contributed by atoms with E-state index in [1.807, 2.05) is 17.0 Å². The van der Waals surface area contributed by atoms with E-state index in [9.17, 15) is 9.90 Å². The molecule has 1 atom stereocenters. The van der Waals surface area contributed by atoms with Gasteiger partial charge in [0.2, 0.25) is 5.91 Å². The fraction of sp³-hybridized carbons (Fsp3) is 0.526. The first-order chi connectivity index (χ1) is 12.1. The molecule has 2 aliphatic rings. The molecular formula is C19H24N4O2. The molecule has 4 rings (SSSR count). The van der Waals surface area contributed by atoms with Gasteiger partial charge in [-0.05, 0) is 43.7 Å². The van der Waals surface area contributed by atoms with Crippen molar-refractivity contribution in [2.75, 3.05) is 13.1 Å². The summed E-state index contributed by atoms with van der Waals surface area (Å²) in [7, 11) is 0. The molecule has 1 aliphatic carbocycles. The number of piperidine rings is 1. The van der Waals surface area contributed by atoms with Crippen LogP contribution in [0.25, 0.3) is 0 Å². The molecule has 1 aromatic heterocycles. The second kappa shape index (κ2) is 5.95. The average molecular weight is 340 g/mol. The van der Waals surface area contributed by atoms with Gasteiger partial charge in [-0.25, -0.2) is 0 Å². The number of hydrogen-bond acceptors (Lipinski definition) is 4. The number of rotatable bonds is 3. The number of β-amino-alcohol motifs (C(OH)–C–C–N with tert-alkyl or cyclic N) is 1. The summed E-state index contributed by atoms with van der Waals surface area (Å²) in [5.41, 5.74) is 1.29. The highest BCUT2D eigenvalue weighted by Gasteiger charge is 2.50. The van der Waals surface area contributed by atoms with Gasteiger partial charge in [0, 0.05) is 6.54 Å². The van der Waals surface area contributed by atoms with E-state index in [1.165, 1.54) is 5.56 Å². The molecule has 1 amide bonds. The SMILES string of the molecule is Cc1ccccc1C1(C(=O)N2CCC[C@](O)(c3cn[nH]n3)C2)CCC1. The Morgan fingerprint density at radius 2 is 2.04 bits per heavy atom. The lowest BCUT2D eigenvalue weighted by Crippen LogP contribution is -2.57. The number of carbonyl (C=O) groups excluding carboxylic acids is 1. The van der Waals surface area contributed by atoms with Crippen molar-refractivity contribution in [2.45, 2.75) is 50.0 Å². The molecule has 25 heavy (non-hydrogen) atoms. The van der Waals surface area contributed by atoms with Gasteiger partial charge in [0.1, 0.15) is 11.3 Å². The Morgan fingerprint density at radius 1 is 1.24 bits per heavy atom. The van der Waals surface area contributed by atoms with Crippen LogP contribution in [0.15, 0.2) is 30.5 Å². The van der Waals surface area contributed by atoms with E-state index in [1.54, 1.807) is 6.20 Å². The number of nitrogens with one attached hydrogen (secondary N) is 1. The molecule has 6 heteroatoms. The van der Waals surface area contributed by atoms with Crippen LogP contribution in [0.4, 0.5) is 0 Å². The van der Waals surface area contributed by atoms with Crippen LogP contribution in [-0.2, 0) is 15.8 Å². The van der Waals surface area contributed by atoms with Crippen LogP contribution < -0.4 is 0 Å². The van der Waals surface area contributed by atoms with Crippen LogP contribution >= 0.6 is 0 Å². The van der Waals surface area contributed by atoms with Crippen molar-refractivity contribution < 1.29 is 9.90 Å². The zero-order chi connectivity index (χ0) is 17.5. The van der Waals surface area contributed by atoms with Gasteiger partial charge in [-0.3, -0.25) is 4.79 Å². The molecule has 1 saturated heterocycles. The van der Waals surface area contributed by atoms with Gasteiger partial charge in [0.05, 0.1) is 18.2 Å². The van der Waals surface area contributed by atoms with E-state index in [2.05, 4.69) is 34.5 Å². The molecule has 132 valence electrons. The summed E-state index contributed by atoms with van der Waals surface area (Å²) in [6.07, 6.45) is 5.75. The molecule has 0 spiro atoms. The first kappa shape index (κ1) is 16.3. The molecule has 0 radical (unpaired) electrons. The van der Waals surface area contributed by atoms with Gasteiger partial charge >= 0.3 is 0 Å². The van der Waals surface area contributed by atoms with Crippen molar-refractivity contribution in [1.29, 1.82) is 0 Å². The molecule has 2 N–H and O–H groups in total. The molecular weight excluding hydrogens is 316 g/mol. The Bertz CT molecular complexity index is 769. The Hall–Kier alpha value is -2.21. The van der Waals surface area contributed by atoms with Crippen molar-refractivity contribution >= 4 is 5.91 Å². The van der Waals surface area contributed by atoms with E-state index < -0.39 is 11.0 Å². The monoisotopic (exact) mass is 340 g/mol. The minimum atomic E-state index is -1.11. The van der Waals surface area contributed by atoms with E-state index in [4.69, 9.17) is 0 Å². The largest absolute Gasteiger partial charge is 0.382 e. The summed E-state index contributed by atoms with van der Waals surface area (Å²) in [6.45, 7) is 3.04. The van der Waals surface area contributed by atoms with E-state index in [-0.39, 0.29) is 12.5 Å². The van der Waals surface area contributed by atoms with Crippen LogP contribution in [0.2, 0.25) is 0 Å². The van der Waals surface area contributed by atoms with Crippen LogP contribution in [0.1, 0.15) is 48.9 Å². The number of nitrogens with zero attached hydrogens (tertiary/aromatic N) is 3. The number of H-pyrrole nitrogens is 1. The Balaban J connectivity index is 1.63. The molecule has 2 aromatic rings. The van der Waals surface area contributed by atoms with Gasteiger partial charge in [0.25, 0.3) is 0 Å². The number of hydrogen-bond donors (Lipinski definition) is 2. The number of aromatic nitrogens is 3. The fourth-order valence-corrected chi connectivity index (χ4v) is 4.39. The van der Waals surface area contributed by atoms with Gasteiger partial charge in [-0.1, -0.05) is 30.7 Å². The van der Waals surface area contributed by atoms with Crippen molar-refractivity contribution in [2.24, 2.45) is 0 Å². The number of aliphatic hydroxyl groups is 1. The first-order valence-electron chi connectivity index (χ1n) is 8.99. The third-order valence-electron chi connectivity index (χ3n) is 5.93. The van der Waals surface area contributed by atoms with Crippen LogP contribution in [-0.4, -0.2) is 44.4 Å². The van der Waals surface area contributed by atoms with E-state index in [0.29, 0.717) is 18.7 Å². The molecule has 0 bridgehead atoms. The van der Waals surface area contributed by atoms with Gasteiger partial charge < -0.3 is 10.0 Å². The number of aryl methyl sites for hydroxylation is 1. The van der Waals surface area contributed by atoms with Crippen molar-refractivity contribution in [3.63, 3.8) is 0 Å². The number of likely N-dealkylation sites (tertiary alicyclic amines) is 1. The summed E-state index contributed by atoms with van der Waals surface area (Å²) in [5.74, 6) is 0.148. The zero-order valence-corrected chi connectivity index (χ0v) is 14.5. The highest BCUT2D eigenvalue weighted by molar-refractivity contribution is 5.90. The Kier molecular flexibility index (Phi) is 3.87. The van der Waals surface area contributed by atoms with E-state index in [0.717, 1.165) is 31.2 Å². The zero-order valence-electron chi connectivity index (χ0n) is 14.5. The highest BCUT2D eigenvalue weighted by atomic mass is 16.3. The Labute approximate surface area is 147 Å². The molecule has 1 aromatic carbocycles. The minimum absolute atomic E-state index is 0.148. The molecule has 1 aliphatic heterocycles. The van der Waals surface area contributed by atoms with Crippen molar-refractivity contribution in [1.82, 2.24) is 20.3 Å². The highest BCUT2D eigenvalue weighted by Crippen LogP contribution is 2.47. The quantitative estimate of drug-likeness (QED) is 0.896. The summed E-state index contributed by atoms with van der Waals surface area (Å²) in [6, 6.07) is 8.18. The fourth-order valence-electron chi connectivity index (χ4n) is 4.39. The van der Waals surface area contributed by atoms with E-state index >= 15 is 0 Å². The molecule has 1 saturated carbocycles. The van der Waals surface area contributed by atoms with Crippen LogP contribution in [0, 0.1) is 6.92 Å². The van der Waals surface area contributed by atoms with Gasteiger partial charge in [0.15, 0.2) is 0 Å². The lowest BCUT2D eigenvalue weighted by Gasteiger charge is -2.47. The molecule has 0 unspecified atom stereocenters. The second-order valence-corrected chi connectivity index (χ2v) is 7.47. The number of carbonyl (C=O) groups is 1. The Morgan fingerprint density at radius 3 is 2.68 bits per heavy atom. The van der Waals surface area contributed by atoms with Crippen molar-refractivity contribution in [3.8, 4) is 0 Å². The maximum absolute atomic E-state index is 13.5. The smallest absolute Gasteiger partial charge is 0.233 e.